The Bertz CT molecular complexity index is 488. The van der Waals surface area contributed by atoms with Crippen molar-refractivity contribution in [1.82, 2.24) is 4.90 Å². The summed E-state index contributed by atoms with van der Waals surface area (Å²) >= 11 is 0. The summed E-state index contributed by atoms with van der Waals surface area (Å²) in [4.78, 5) is 2.33. The number of methoxy groups -OCH3 is 1. The standard InChI is InChI=1S/C17H22FNO/c1-4-10-19(11-5-2)13-6-7-14-15(12-13)17(20-3)9-8-16(14)18/h4-5,8-9,13H,1-2,6-7,10-12H2,3H3. The van der Waals surface area contributed by atoms with Crippen molar-refractivity contribution in [1.29, 1.82) is 0 Å². The lowest BCUT2D eigenvalue weighted by atomic mass is 9.86. The van der Waals surface area contributed by atoms with Crippen LogP contribution in [-0.4, -0.2) is 31.1 Å². The van der Waals surface area contributed by atoms with Gasteiger partial charge in [0.25, 0.3) is 0 Å². The number of rotatable bonds is 6. The number of hydrogen-bond acceptors (Lipinski definition) is 2. The number of benzene rings is 1. The van der Waals surface area contributed by atoms with Crippen molar-refractivity contribution in [2.45, 2.75) is 25.3 Å². The zero-order chi connectivity index (χ0) is 14.5. The summed E-state index contributed by atoms with van der Waals surface area (Å²) in [5, 5.41) is 0. The maximum Gasteiger partial charge on any atom is 0.126 e. The second-order valence-corrected chi connectivity index (χ2v) is 5.13. The molecule has 3 heteroatoms. The predicted molar refractivity (Wildman–Crippen MR) is 80.7 cm³/mol. The van der Waals surface area contributed by atoms with E-state index in [1.165, 1.54) is 6.07 Å². The summed E-state index contributed by atoms with van der Waals surface area (Å²) < 4.78 is 19.3. The van der Waals surface area contributed by atoms with Crippen LogP contribution in [-0.2, 0) is 12.8 Å². The van der Waals surface area contributed by atoms with E-state index in [4.69, 9.17) is 4.74 Å². The van der Waals surface area contributed by atoms with Crippen molar-refractivity contribution in [3.05, 3.63) is 54.4 Å². The van der Waals surface area contributed by atoms with Gasteiger partial charge in [-0.3, -0.25) is 4.90 Å². The summed E-state index contributed by atoms with van der Waals surface area (Å²) in [7, 11) is 1.64. The molecular formula is C17H22FNO. The van der Waals surface area contributed by atoms with Gasteiger partial charge in [-0.15, -0.1) is 13.2 Å². The van der Waals surface area contributed by atoms with Gasteiger partial charge in [0.2, 0.25) is 0 Å². The normalized spacial score (nSPS) is 17.6. The first-order valence-electron chi connectivity index (χ1n) is 7.01. The molecule has 1 unspecified atom stereocenters. The second-order valence-electron chi connectivity index (χ2n) is 5.13. The lowest BCUT2D eigenvalue weighted by molar-refractivity contribution is 0.216. The molecule has 0 aliphatic heterocycles. The SMILES string of the molecule is C=CCN(CC=C)C1CCc2c(F)ccc(OC)c2C1. The topological polar surface area (TPSA) is 12.5 Å². The Labute approximate surface area is 120 Å². The van der Waals surface area contributed by atoms with E-state index < -0.39 is 0 Å². The van der Waals surface area contributed by atoms with Crippen LogP contribution < -0.4 is 4.74 Å². The van der Waals surface area contributed by atoms with Crippen LogP contribution in [0.3, 0.4) is 0 Å². The first kappa shape index (κ1) is 14.8. The third kappa shape index (κ3) is 2.93. The molecule has 0 bridgehead atoms. The molecule has 1 aromatic carbocycles. The summed E-state index contributed by atoms with van der Waals surface area (Å²) in [6, 6.07) is 3.61. The van der Waals surface area contributed by atoms with E-state index in [1.54, 1.807) is 13.2 Å². The third-order valence-electron chi connectivity index (χ3n) is 3.96. The molecule has 0 spiro atoms. The molecule has 0 heterocycles. The van der Waals surface area contributed by atoms with E-state index in [0.717, 1.165) is 49.2 Å². The highest BCUT2D eigenvalue weighted by Gasteiger charge is 2.27. The van der Waals surface area contributed by atoms with Gasteiger partial charge in [0.05, 0.1) is 7.11 Å². The molecule has 0 saturated carbocycles. The highest BCUT2D eigenvalue weighted by Crippen LogP contribution is 2.33. The van der Waals surface area contributed by atoms with Crippen molar-refractivity contribution in [2.24, 2.45) is 0 Å². The summed E-state index contributed by atoms with van der Waals surface area (Å²) in [5.74, 6) is 0.682. The molecule has 0 N–H and O–H groups in total. The molecule has 108 valence electrons. The van der Waals surface area contributed by atoms with Gasteiger partial charge >= 0.3 is 0 Å². The maximum atomic E-state index is 13.9. The van der Waals surface area contributed by atoms with Gasteiger partial charge in [0.1, 0.15) is 11.6 Å². The van der Waals surface area contributed by atoms with Crippen LogP contribution in [0, 0.1) is 5.82 Å². The van der Waals surface area contributed by atoms with Crippen LogP contribution in [0.1, 0.15) is 17.5 Å². The quantitative estimate of drug-likeness (QED) is 0.738. The van der Waals surface area contributed by atoms with Gasteiger partial charge < -0.3 is 4.74 Å². The Morgan fingerprint density at radius 3 is 2.60 bits per heavy atom. The predicted octanol–water partition coefficient (Wildman–Crippen LogP) is 3.37. The molecule has 1 aliphatic rings. The van der Waals surface area contributed by atoms with Gasteiger partial charge in [-0.05, 0) is 37.0 Å². The van der Waals surface area contributed by atoms with Crippen LogP contribution in [0.25, 0.3) is 0 Å². The number of ether oxygens (including phenoxy) is 1. The second kappa shape index (κ2) is 6.71. The Hall–Kier alpha value is -1.61. The monoisotopic (exact) mass is 275 g/mol. The zero-order valence-electron chi connectivity index (χ0n) is 12.1. The fourth-order valence-electron chi connectivity index (χ4n) is 2.99. The number of nitrogens with zero attached hydrogens (tertiary/aromatic N) is 1. The van der Waals surface area contributed by atoms with Crippen molar-refractivity contribution in [3.8, 4) is 5.75 Å². The average molecular weight is 275 g/mol. The Morgan fingerprint density at radius 1 is 1.30 bits per heavy atom. The molecule has 0 radical (unpaired) electrons. The van der Waals surface area contributed by atoms with Crippen LogP contribution in [0.5, 0.6) is 5.75 Å². The summed E-state index contributed by atoms with van der Waals surface area (Å²) in [6.45, 7) is 9.26. The van der Waals surface area contributed by atoms with Crippen molar-refractivity contribution in [3.63, 3.8) is 0 Å². The highest BCUT2D eigenvalue weighted by atomic mass is 19.1. The van der Waals surface area contributed by atoms with Gasteiger partial charge in [0, 0.05) is 24.7 Å². The lowest BCUT2D eigenvalue weighted by Gasteiger charge is -2.34. The van der Waals surface area contributed by atoms with Crippen molar-refractivity contribution >= 4 is 0 Å². The zero-order valence-corrected chi connectivity index (χ0v) is 12.1. The maximum absolute atomic E-state index is 13.9. The van der Waals surface area contributed by atoms with E-state index >= 15 is 0 Å². The minimum atomic E-state index is -0.113. The van der Waals surface area contributed by atoms with Crippen molar-refractivity contribution in [2.75, 3.05) is 20.2 Å². The van der Waals surface area contributed by atoms with Crippen molar-refractivity contribution < 1.29 is 9.13 Å². The first-order valence-corrected chi connectivity index (χ1v) is 7.01. The van der Waals surface area contributed by atoms with E-state index in [1.807, 2.05) is 12.2 Å². The van der Waals surface area contributed by atoms with E-state index in [-0.39, 0.29) is 5.82 Å². The lowest BCUT2D eigenvalue weighted by Crippen LogP contribution is -2.39. The minimum Gasteiger partial charge on any atom is -0.496 e. The van der Waals surface area contributed by atoms with Gasteiger partial charge in [-0.2, -0.15) is 0 Å². The molecule has 2 rings (SSSR count). The molecule has 1 aliphatic carbocycles. The minimum absolute atomic E-state index is 0.113. The molecule has 1 atom stereocenters. The number of hydrogen-bond donors (Lipinski definition) is 0. The summed E-state index contributed by atoms with van der Waals surface area (Å²) in [5.41, 5.74) is 1.83. The average Bonchev–Trinajstić information content (AvgIpc) is 2.47. The van der Waals surface area contributed by atoms with Crippen LogP contribution in [0.2, 0.25) is 0 Å². The van der Waals surface area contributed by atoms with E-state index in [9.17, 15) is 4.39 Å². The largest absolute Gasteiger partial charge is 0.496 e. The molecule has 0 saturated heterocycles. The highest BCUT2D eigenvalue weighted by molar-refractivity contribution is 5.43. The van der Waals surface area contributed by atoms with E-state index in [0.29, 0.717) is 6.04 Å². The number of fused-ring (bicyclic) bond motifs is 1. The molecule has 0 aromatic heterocycles. The Morgan fingerprint density at radius 2 is 2.00 bits per heavy atom. The van der Waals surface area contributed by atoms with Crippen LogP contribution in [0.4, 0.5) is 4.39 Å². The Balaban J connectivity index is 2.26. The van der Waals surface area contributed by atoms with Crippen LogP contribution >= 0.6 is 0 Å². The van der Waals surface area contributed by atoms with Gasteiger partial charge in [0.15, 0.2) is 0 Å². The molecule has 20 heavy (non-hydrogen) atoms. The Kier molecular flexibility index (Phi) is 4.96. The smallest absolute Gasteiger partial charge is 0.126 e. The fraction of sp³-hybridized carbons (Fsp3) is 0.412. The third-order valence-corrected chi connectivity index (χ3v) is 3.96. The van der Waals surface area contributed by atoms with Gasteiger partial charge in [-0.1, -0.05) is 12.2 Å². The molecule has 0 fully saturated rings. The molecule has 1 aromatic rings. The molecule has 0 amide bonds. The van der Waals surface area contributed by atoms with Crippen LogP contribution in [0.15, 0.2) is 37.4 Å². The molecular weight excluding hydrogens is 253 g/mol. The fourth-order valence-corrected chi connectivity index (χ4v) is 2.99. The number of halogens is 1. The first-order chi connectivity index (χ1) is 9.71. The summed E-state index contributed by atoms with van der Waals surface area (Å²) in [6.07, 6.45) is 6.34. The van der Waals surface area contributed by atoms with Gasteiger partial charge in [-0.25, -0.2) is 4.39 Å². The molecule has 2 nitrogen and oxygen atoms in total. The van der Waals surface area contributed by atoms with E-state index in [2.05, 4.69) is 18.1 Å².